The van der Waals surface area contributed by atoms with Gasteiger partial charge < -0.3 is 10.1 Å². The maximum Gasteiger partial charge on any atom is 0.223 e. The summed E-state index contributed by atoms with van der Waals surface area (Å²) >= 11 is 0. The predicted molar refractivity (Wildman–Crippen MR) is 71.9 cm³/mol. The number of hydrogen-bond donors (Lipinski definition) is 1. The molecule has 0 bridgehead atoms. The van der Waals surface area contributed by atoms with Crippen LogP contribution in [0.1, 0.15) is 11.4 Å². The number of nitrogens with one attached hydrogen (secondary N) is 1. The van der Waals surface area contributed by atoms with Crippen LogP contribution in [0.4, 0.5) is 5.95 Å². The van der Waals surface area contributed by atoms with Crippen LogP contribution in [0, 0.1) is 13.8 Å². The van der Waals surface area contributed by atoms with Gasteiger partial charge in [0.2, 0.25) is 5.95 Å². The molecule has 0 saturated carbocycles. The molecule has 0 aliphatic heterocycles. The maximum atomic E-state index is 5.57. The number of para-hydroxylation sites is 1. The molecule has 2 rings (SSSR count). The molecule has 0 atom stereocenters. The van der Waals surface area contributed by atoms with Crippen molar-refractivity contribution in [2.75, 3.05) is 18.5 Å². The summed E-state index contributed by atoms with van der Waals surface area (Å²) in [5.41, 5.74) is 1.93. The molecular formula is C14H17N3O. The Labute approximate surface area is 107 Å². The van der Waals surface area contributed by atoms with E-state index in [2.05, 4.69) is 15.3 Å². The Hall–Kier alpha value is -2.10. The fourth-order valence-corrected chi connectivity index (χ4v) is 1.65. The summed E-state index contributed by atoms with van der Waals surface area (Å²) in [6.07, 6.45) is 0. The molecule has 18 heavy (non-hydrogen) atoms. The fourth-order valence-electron chi connectivity index (χ4n) is 1.65. The number of aryl methyl sites for hydroxylation is 2. The summed E-state index contributed by atoms with van der Waals surface area (Å²) in [5.74, 6) is 1.53. The van der Waals surface area contributed by atoms with Crippen molar-refractivity contribution in [3.8, 4) is 5.75 Å². The minimum absolute atomic E-state index is 0.584. The lowest BCUT2D eigenvalue weighted by atomic mass is 10.3. The standard InChI is InChI=1S/C14H17N3O/c1-11-10-12(2)17-14(16-11)15-8-9-18-13-6-4-3-5-7-13/h3-7,10H,8-9H2,1-2H3,(H,15,16,17). The summed E-state index contributed by atoms with van der Waals surface area (Å²) in [5, 5.41) is 3.15. The molecule has 0 amide bonds. The quantitative estimate of drug-likeness (QED) is 0.820. The average molecular weight is 243 g/mol. The lowest BCUT2D eigenvalue weighted by Crippen LogP contribution is -2.13. The molecule has 0 fully saturated rings. The van der Waals surface area contributed by atoms with Crippen LogP contribution < -0.4 is 10.1 Å². The van der Waals surface area contributed by atoms with Gasteiger partial charge >= 0.3 is 0 Å². The summed E-state index contributed by atoms with van der Waals surface area (Å²) in [6.45, 7) is 5.18. The monoisotopic (exact) mass is 243 g/mol. The third kappa shape index (κ3) is 3.73. The van der Waals surface area contributed by atoms with E-state index >= 15 is 0 Å². The van der Waals surface area contributed by atoms with Gasteiger partial charge in [0.25, 0.3) is 0 Å². The van der Waals surface area contributed by atoms with E-state index in [9.17, 15) is 0 Å². The molecule has 0 spiro atoms. The molecule has 0 radical (unpaired) electrons. The van der Waals surface area contributed by atoms with Gasteiger partial charge in [-0.1, -0.05) is 18.2 Å². The van der Waals surface area contributed by atoms with Crippen molar-refractivity contribution in [2.45, 2.75) is 13.8 Å². The van der Waals surface area contributed by atoms with Crippen molar-refractivity contribution in [1.29, 1.82) is 0 Å². The number of rotatable bonds is 5. The lowest BCUT2D eigenvalue weighted by molar-refractivity contribution is 0.332. The van der Waals surface area contributed by atoms with Crippen molar-refractivity contribution in [1.82, 2.24) is 9.97 Å². The Morgan fingerprint density at radius 3 is 2.39 bits per heavy atom. The van der Waals surface area contributed by atoms with Crippen LogP contribution in [0.5, 0.6) is 5.75 Å². The smallest absolute Gasteiger partial charge is 0.223 e. The van der Waals surface area contributed by atoms with Gasteiger partial charge in [-0.25, -0.2) is 9.97 Å². The second-order valence-electron chi connectivity index (χ2n) is 4.06. The Morgan fingerprint density at radius 2 is 1.72 bits per heavy atom. The molecule has 4 heteroatoms. The number of benzene rings is 1. The normalized spacial score (nSPS) is 10.1. The zero-order valence-corrected chi connectivity index (χ0v) is 10.7. The molecule has 1 aromatic heterocycles. The number of ether oxygens (including phenoxy) is 1. The molecule has 0 saturated heterocycles. The molecule has 4 nitrogen and oxygen atoms in total. The van der Waals surface area contributed by atoms with Gasteiger partial charge in [0.05, 0.1) is 6.54 Å². The number of aromatic nitrogens is 2. The zero-order valence-electron chi connectivity index (χ0n) is 10.7. The van der Waals surface area contributed by atoms with E-state index in [-0.39, 0.29) is 0 Å². The van der Waals surface area contributed by atoms with Crippen molar-refractivity contribution in [2.24, 2.45) is 0 Å². The van der Waals surface area contributed by atoms with Crippen molar-refractivity contribution >= 4 is 5.95 Å². The Balaban J connectivity index is 1.78. The molecule has 0 unspecified atom stereocenters. The van der Waals surface area contributed by atoms with Gasteiger partial charge in [0, 0.05) is 11.4 Å². The van der Waals surface area contributed by atoms with Gasteiger partial charge in [-0.2, -0.15) is 0 Å². The van der Waals surface area contributed by atoms with Gasteiger partial charge in [0.1, 0.15) is 12.4 Å². The van der Waals surface area contributed by atoms with Crippen molar-refractivity contribution < 1.29 is 4.74 Å². The van der Waals surface area contributed by atoms with E-state index in [1.807, 2.05) is 50.2 Å². The Bertz CT molecular complexity index is 479. The third-order valence-corrected chi connectivity index (χ3v) is 2.38. The molecular weight excluding hydrogens is 226 g/mol. The zero-order chi connectivity index (χ0) is 12.8. The summed E-state index contributed by atoms with van der Waals surface area (Å²) in [4.78, 5) is 8.60. The van der Waals surface area contributed by atoms with Crippen LogP contribution in [0.15, 0.2) is 36.4 Å². The number of anilines is 1. The van der Waals surface area contributed by atoms with Crippen LogP contribution in [-0.2, 0) is 0 Å². The number of hydrogen-bond acceptors (Lipinski definition) is 4. The summed E-state index contributed by atoms with van der Waals surface area (Å²) in [7, 11) is 0. The van der Waals surface area contributed by atoms with Gasteiger partial charge in [0.15, 0.2) is 0 Å². The maximum absolute atomic E-state index is 5.57. The minimum Gasteiger partial charge on any atom is -0.492 e. The first-order chi connectivity index (χ1) is 8.74. The Kier molecular flexibility index (Phi) is 4.12. The summed E-state index contributed by atoms with van der Waals surface area (Å²) < 4.78 is 5.57. The van der Waals surface area contributed by atoms with E-state index in [0.717, 1.165) is 17.1 Å². The SMILES string of the molecule is Cc1cc(C)nc(NCCOc2ccccc2)n1. The Morgan fingerprint density at radius 1 is 1.06 bits per heavy atom. The third-order valence-electron chi connectivity index (χ3n) is 2.38. The van der Waals surface area contributed by atoms with Crippen molar-refractivity contribution in [3.05, 3.63) is 47.8 Å². The van der Waals surface area contributed by atoms with Crippen LogP contribution in [-0.4, -0.2) is 23.1 Å². The molecule has 94 valence electrons. The molecule has 1 aromatic carbocycles. The topological polar surface area (TPSA) is 47.0 Å². The fraction of sp³-hybridized carbons (Fsp3) is 0.286. The molecule has 1 heterocycles. The van der Waals surface area contributed by atoms with Crippen LogP contribution in [0.3, 0.4) is 0 Å². The van der Waals surface area contributed by atoms with Gasteiger partial charge in [-0.05, 0) is 32.0 Å². The molecule has 1 N–H and O–H groups in total. The first kappa shape index (κ1) is 12.4. The largest absolute Gasteiger partial charge is 0.492 e. The highest BCUT2D eigenvalue weighted by Gasteiger charge is 1.98. The second-order valence-corrected chi connectivity index (χ2v) is 4.06. The highest BCUT2D eigenvalue weighted by atomic mass is 16.5. The van der Waals surface area contributed by atoms with Crippen molar-refractivity contribution in [3.63, 3.8) is 0 Å². The van der Waals surface area contributed by atoms with E-state index in [4.69, 9.17) is 4.74 Å². The highest BCUT2D eigenvalue weighted by molar-refractivity contribution is 5.27. The average Bonchev–Trinajstić information content (AvgIpc) is 2.35. The first-order valence-electron chi connectivity index (χ1n) is 5.98. The van der Waals surface area contributed by atoms with Gasteiger partial charge in [-0.15, -0.1) is 0 Å². The van der Waals surface area contributed by atoms with E-state index < -0.39 is 0 Å². The minimum atomic E-state index is 0.584. The molecule has 0 aliphatic rings. The van der Waals surface area contributed by atoms with E-state index in [0.29, 0.717) is 19.1 Å². The second kappa shape index (κ2) is 6.00. The van der Waals surface area contributed by atoms with E-state index in [1.54, 1.807) is 0 Å². The lowest BCUT2D eigenvalue weighted by Gasteiger charge is -2.08. The first-order valence-corrected chi connectivity index (χ1v) is 5.98. The predicted octanol–water partition coefficient (Wildman–Crippen LogP) is 2.58. The van der Waals surface area contributed by atoms with Crippen LogP contribution >= 0.6 is 0 Å². The number of nitrogens with zero attached hydrogens (tertiary/aromatic N) is 2. The van der Waals surface area contributed by atoms with Crippen LogP contribution in [0.2, 0.25) is 0 Å². The molecule has 0 aliphatic carbocycles. The summed E-state index contributed by atoms with van der Waals surface area (Å²) in [6, 6.07) is 11.7. The highest BCUT2D eigenvalue weighted by Crippen LogP contribution is 2.08. The van der Waals surface area contributed by atoms with Gasteiger partial charge in [-0.3, -0.25) is 0 Å². The van der Waals surface area contributed by atoms with E-state index in [1.165, 1.54) is 0 Å². The van der Waals surface area contributed by atoms with Crippen LogP contribution in [0.25, 0.3) is 0 Å². The molecule has 2 aromatic rings.